The van der Waals surface area contributed by atoms with Crippen LogP contribution in [0.5, 0.6) is 0 Å². The van der Waals surface area contributed by atoms with Gasteiger partial charge in [-0.1, -0.05) is 12.1 Å². The van der Waals surface area contributed by atoms with E-state index in [9.17, 15) is 14.4 Å². The number of nitrogens with one attached hydrogen (secondary N) is 2. The summed E-state index contributed by atoms with van der Waals surface area (Å²) < 4.78 is 0. The van der Waals surface area contributed by atoms with E-state index in [0.29, 0.717) is 19.3 Å². The Bertz CT molecular complexity index is 569. The van der Waals surface area contributed by atoms with E-state index in [1.165, 1.54) is 0 Å². The monoisotopic (exact) mass is 290 g/mol. The van der Waals surface area contributed by atoms with Gasteiger partial charge in [-0.25, -0.2) is 0 Å². The van der Waals surface area contributed by atoms with E-state index in [4.69, 9.17) is 5.11 Å². The molecule has 1 aromatic carbocycles. The number of aryl methyl sites for hydroxylation is 1. The van der Waals surface area contributed by atoms with Crippen molar-refractivity contribution < 1.29 is 19.5 Å². The molecule has 2 amide bonds. The van der Waals surface area contributed by atoms with Gasteiger partial charge in [-0.05, 0) is 30.0 Å². The molecule has 0 bridgehead atoms. The first-order valence-corrected chi connectivity index (χ1v) is 6.95. The Balaban J connectivity index is 1.72. The molecule has 1 aliphatic heterocycles. The zero-order chi connectivity index (χ0) is 15.2. The van der Waals surface area contributed by atoms with Gasteiger partial charge >= 0.3 is 5.97 Å². The van der Waals surface area contributed by atoms with E-state index in [0.717, 1.165) is 23.2 Å². The predicted octanol–water partition coefficient (Wildman–Crippen LogP) is 1.09. The summed E-state index contributed by atoms with van der Waals surface area (Å²) in [5.41, 5.74) is 2.97. The number of amides is 2. The summed E-state index contributed by atoms with van der Waals surface area (Å²) in [7, 11) is 0. The SMILES string of the molecule is O=C(O)CCNC(=O)CCCc1ccc2c(c1)CC(=O)N2. The average molecular weight is 290 g/mol. The Morgan fingerprint density at radius 3 is 2.86 bits per heavy atom. The van der Waals surface area contributed by atoms with Gasteiger partial charge in [-0.2, -0.15) is 0 Å². The molecule has 0 spiro atoms. The van der Waals surface area contributed by atoms with Crippen molar-refractivity contribution in [2.75, 3.05) is 11.9 Å². The van der Waals surface area contributed by atoms with Crippen molar-refractivity contribution >= 4 is 23.5 Å². The molecular weight excluding hydrogens is 272 g/mol. The van der Waals surface area contributed by atoms with Crippen molar-refractivity contribution in [3.63, 3.8) is 0 Å². The number of rotatable bonds is 7. The summed E-state index contributed by atoms with van der Waals surface area (Å²) in [4.78, 5) is 33.1. The second-order valence-electron chi connectivity index (χ2n) is 5.06. The lowest BCUT2D eigenvalue weighted by Crippen LogP contribution is -2.25. The highest BCUT2D eigenvalue weighted by Gasteiger charge is 2.17. The van der Waals surface area contributed by atoms with Crippen molar-refractivity contribution in [3.05, 3.63) is 29.3 Å². The van der Waals surface area contributed by atoms with Crippen LogP contribution in [0.1, 0.15) is 30.4 Å². The first kappa shape index (κ1) is 15.0. The minimum absolute atomic E-state index is 0.0139. The van der Waals surface area contributed by atoms with Gasteiger partial charge < -0.3 is 15.7 Å². The number of carboxylic acid groups (broad SMARTS) is 1. The van der Waals surface area contributed by atoms with Gasteiger partial charge in [0.15, 0.2) is 0 Å². The van der Waals surface area contributed by atoms with E-state index < -0.39 is 5.97 Å². The molecule has 0 saturated carbocycles. The number of anilines is 1. The summed E-state index contributed by atoms with van der Waals surface area (Å²) >= 11 is 0. The highest BCUT2D eigenvalue weighted by atomic mass is 16.4. The maximum Gasteiger partial charge on any atom is 0.305 e. The lowest BCUT2D eigenvalue weighted by atomic mass is 10.0. The van der Waals surface area contributed by atoms with Crippen LogP contribution < -0.4 is 10.6 Å². The van der Waals surface area contributed by atoms with E-state index in [1.807, 2.05) is 18.2 Å². The second kappa shape index (κ2) is 6.88. The van der Waals surface area contributed by atoms with Gasteiger partial charge in [0.2, 0.25) is 11.8 Å². The smallest absolute Gasteiger partial charge is 0.305 e. The summed E-state index contributed by atoms with van der Waals surface area (Å²) in [6.07, 6.45) is 2.18. The first-order chi connectivity index (χ1) is 10.0. The Morgan fingerprint density at radius 2 is 2.10 bits per heavy atom. The molecule has 0 atom stereocenters. The first-order valence-electron chi connectivity index (χ1n) is 6.95. The van der Waals surface area contributed by atoms with Gasteiger partial charge in [-0.3, -0.25) is 14.4 Å². The van der Waals surface area contributed by atoms with E-state index in [2.05, 4.69) is 10.6 Å². The van der Waals surface area contributed by atoms with Crippen LogP contribution in [-0.2, 0) is 27.2 Å². The molecule has 0 saturated heterocycles. The van der Waals surface area contributed by atoms with Crippen molar-refractivity contribution in [2.24, 2.45) is 0 Å². The van der Waals surface area contributed by atoms with Crippen molar-refractivity contribution in [1.29, 1.82) is 0 Å². The Labute approximate surface area is 122 Å². The molecule has 3 N–H and O–H groups in total. The number of benzene rings is 1. The molecule has 0 aromatic heterocycles. The molecule has 0 fully saturated rings. The number of carboxylic acids is 1. The third-order valence-electron chi connectivity index (χ3n) is 3.33. The van der Waals surface area contributed by atoms with Crippen LogP contribution >= 0.6 is 0 Å². The van der Waals surface area contributed by atoms with Gasteiger partial charge in [0, 0.05) is 18.7 Å². The third-order valence-corrected chi connectivity index (χ3v) is 3.33. The minimum Gasteiger partial charge on any atom is -0.481 e. The second-order valence-corrected chi connectivity index (χ2v) is 5.06. The lowest BCUT2D eigenvalue weighted by Gasteiger charge is -2.05. The van der Waals surface area contributed by atoms with E-state index >= 15 is 0 Å². The number of fused-ring (bicyclic) bond motifs is 1. The van der Waals surface area contributed by atoms with Gasteiger partial charge in [-0.15, -0.1) is 0 Å². The average Bonchev–Trinajstić information content (AvgIpc) is 2.77. The van der Waals surface area contributed by atoms with Crippen LogP contribution in [-0.4, -0.2) is 29.4 Å². The quantitative estimate of drug-likeness (QED) is 0.700. The number of carbonyl (C=O) groups is 3. The number of hydrogen-bond acceptors (Lipinski definition) is 3. The Hall–Kier alpha value is -2.37. The summed E-state index contributed by atoms with van der Waals surface area (Å²) in [6.45, 7) is 0.167. The minimum atomic E-state index is -0.920. The summed E-state index contributed by atoms with van der Waals surface area (Å²) in [5, 5.41) is 13.8. The molecule has 1 aliphatic rings. The number of carbonyl (C=O) groups excluding carboxylic acids is 2. The molecule has 0 aliphatic carbocycles. The van der Waals surface area contributed by atoms with Crippen molar-refractivity contribution in [2.45, 2.75) is 32.1 Å². The fourth-order valence-corrected chi connectivity index (χ4v) is 2.29. The van der Waals surface area contributed by atoms with Crippen LogP contribution in [0.2, 0.25) is 0 Å². The third kappa shape index (κ3) is 4.59. The zero-order valence-electron chi connectivity index (χ0n) is 11.6. The Kier molecular flexibility index (Phi) is 4.92. The number of aliphatic carboxylic acids is 1. The maximum atomic E-state index is 11.5. The molecule has 2 rings (SSSR count). The molecule has 0 radical (unpaired) electrons. The van der Waals surface area contributed by atoms with Gasteiger partial charge in [0.1, 0.15) is 0 Å². The van der Waals surface area contributed by atoms with Crippen LogP contribution in [0, 0.1) is 0 Å². The summed E-state index contributed by atoms with van der Waals surface area (Å²) in [6, 6.07) is 5.84. The molecule has 1 heterocycles. The molecule has 0 unspecified atom stereocenters. The largest absolute Gasteiger partial charge is 0.481 e. The standard InChI is InChI=1S/C15H18N2O4/c18-13(16-7-6-15(20)21)3-1-2-10-4-5-12-11(8-10)9-14(19)17-12/h4-5,8H,1-3,6-7,9H2,(H,16,18)(H,17,19)(H,20,21). The van der Waals surface area contributed by atoms with Crippen molar-refractivity contribution in [3.8, 4) is 0 Å². The van der Waals surface area contributed by atoms with E-state index in [1.54, 1.807) is 0 Å². The zero-order valence-corrected chi connectivity index (χ0v) is 11.6. The van der Waals surface area contributed by atoms with Crippen LogP contribution in [0.3, 0.4) is 0 Å². The fraction of sp³-hybridized carbons (Fsp3) is 0.400. The van der Waals surface area contributed by atoms with Crippen LogP contribution in [0.25, 0.3) is 0 Å². The molecule has 112 valence electrons. The lowest BCUT2D eigenvalue weighted by molar-refractivity contribution is -0.137. The predicted molar refractivity (Wildman–Crippen MR) is 77.0 cm³/mol. The molecule has 1 aromatic rings. The Morgan fingerprint density at radius 1 is 1.29 bits per heavy atom. The maximum absolute atomic E-state index is 11.5. The highest BCUT2D eigenvalue weighted by Crippen LogP contribution is 2.24. The topological polar surface area (TPSA) is 95.5 Å². The normalized spacial score (nSPS) is 12.7. The summed E-state index contributed by atoms with van der Waals surface area (Å²) in [5.74, 6) is -1.04. The number of hydrogen-bond donors (Lipinski definition) is 3. The van der Waals surface area contributed by atoms with Crippen molar-refractivity contribution in [1.82, 2.24) is 5.32 Å². The van der Waals surface area contributed by atoms with Gasteiger partial charge in [0.05, 0.1) is 12.8 Å². The van der Waals surface area contributed by atoms with E-state index in [-0.39, 0.29) is 24.8 Å². The van der Waals surface area contributed by atoms with Crippen LogP contribution in [0.4, 0.5) is 5.69 Å². The van der Waals surface area contributed by atoms with Gasteiger partial charge in [0.25, 0.3) is 0 Å². The van der Waals surface area contributed by atoms with Crippen LogP contribution in [0.15, 0.2) is 18.2 Å². The fourth-order valence-electron chi connectivity index (χ4n) is 2.29. The molecule has 21 heavy (non-hydrogen) atoms. The molecule has 6 nitrogen and oxygen atoms in total. The molecular formula is C15H18N2O4. The highest BCUT2D eigenvalue weighted by molar-refractivity contribution is 5.99. The molecule has 6 heteroatoms.